The second-order valence-corrected chi connectivity index (χ2v) is 6.64. The topological polar surface area (TPSA) is 54.2 Å². The molecule has 1 unspecified atom stereocenters. The third kappa shape index (κ3) is 5.71. The van der Waals surface area contributed by atoms with Crippen molar-refractivity contribution >= 4 is 5.96 Å². The summed E-state index contributed by atoms with van der Waals surface area (Å²) < 4.78 is 1.93. The molecule has 1 heterocycles. The summed E-state index contributed by atoms with van der Waals surface area (Å²) in [5, 5.41) is 11.1. The number of hydrogen-bond acceptors (Lipinski definition) is 2. The molecule has 140 valence electrons. The number of nitrogens with zero attached hydrogens (tertiary/aromatic N) is 3. The molecule has 0 spiro atoms. The van der Waals surface area contributed by atoms with Crippen molar-refractivity contribution in [1.82, 2.24) is 20.4 Å². The molecule has 0 saturated carbocycles. The van der Waals surface area contributed by atoms with Gasteiger partial charge in [-0.15, -0.1) is 0 Å². The predicted molar refractivity (Wildman–Crippen MR) is 111 cm³/mol. The van der Waals surface area contributed by atoms with Crippen LogP contribution >= 0.6 is 0 Å². The molecule has 1 aromatic heterocycles. The van der Waals surface area contributed by atoms with Crippen LogP contribution in [0.4, 0.5) is 0 Å². The fourth-order valence-corrected chi connectivity index (χ4v) is 2.97. The van der Waals surface area contributed by atoms with Crippen LogP contribution in [-0.4, -0.2) is 29.3 Å². The van der Waals surface area contributed by atoms with E-state index < -0.39 is 0 Å². The highest BCUT2D eigenvalue weighted by molar-refractivity contribution is 5.79. The average Bonchev–Trinajstić information content (AvgIpc) is 3.22. The van der Waals surface area contributed by atoms with E-state index in [1.807, 2.05) is 23.0 Å². The van der Waals surface area contributed by atoms with Gasteiger partial charge in [-0.3, -0.25) is 9.67 Å². The highest BCUT2D eigenvalue weighted by atomic mass is 15.3. The van der Waals surface area contributed by atoms with Gasteiger partial charge in [-0.25, -0.2) is 0 Å². The van der Waals surface area contributed by atoms with E-state index in [1.54, 1.807) is 13.2 Å². The zero-order chi connectivity index (χ0) is 18.9. The number of rotatable bonds is 7. The molecule has 0 aliphatic rings. The van der Waals surface area contributed by atoms with Crippen molar-refractivity contribution in [2.45, 2.75) is 25.9 Å². The Morgan fingerprint density at radius 3 is 2.59 bits per heavy atom. The Bertz CT molecular complexity index is 840. The summed E-state index contributed by atoms with van der Waals surface area (Å²) in [4.78, 5) is 4.33. The Labute approximate surface area is 161 Å². The summed E-state index contributed by atoms with van der Waals surface area (Å²) in [7, 11) is 1.80. The quantitative estimate of drug-likeness (QED) is 0.501. The Morgan fingerprint density at radius 1 is 1.04 bits per heavy atom. The molecular formula is C22H27N5. The minimum absolute atomic E-state index is 0.419. The van der Waals surface area contributed by atoms with Crippen LogP contribution < -0.4 is 10.6 Å². The highest BCUT2D eigenvalue weighted by Crippen LogP contribution is 2.13. The Morgan fingerprint density at radius 2 is 1.85 bits per heavy atom. The van der Waals surface area contributed by atoms with Gasteiger partial charge in [0.2, 0.25) is 0 Å². The van der Waals surface area contributed by atoms with Crippen LogP contribution in [0.1, 0.15) is 29.5 Å². The largest absolute Gasteiger partial charge is 0.356 e. The molecule has 2 N–H and O–H groups in total. The maximum Gasteiger partial charge on any atom is 0.191 e. The van der Waals surface area contributed by atoms with Crippen LogP contribution in [-0.2, 0) is 13.1 Å². The molecule has 0 amide bonds. The van der Waals surface area contributed by atoms with Crippen LogP contribution in [0.5, 0.6) is 0 Å². The van der Waals surface area contributed by atoms with Gasteiger partial charge in [-0.2, -0.15) is 5.10 Å². The first-order chi connectivity index (χ1) is 13.2. The minimum Gasteiger partial charge on any atom is -0.356 e. The molecule has 0 fully saturated rings. The number of hydrogen-bond donors (Lipinski definition) is 2. The summed E-state index contributed by atoms with van der Waals surface area (Å²) in [5.74, 6) is 1.23. The van der Waals surface area contributed by atoms with Crippen molar-refractivity contribution < 1.29 is 0 Å². The SMILES string of the molecule is CN=C(NCc1cccc(Cn2cccn2)c1)NCC(C)c1ccccc1. The first kappa shape index (κ1) is 18.7. The third-order valence-corrected chi connectivity index (χ3v) is 4.52. The normalized spacial score (nSPS) is 12.6. The molecule has 0 aliphatic carbocycles. The zero-order valence-electron chi connectivity index (χ0n) is 16.0. The van der Waals surface area contributed by atoms with E-state index in [2.05, 4.69) is 76.2 Å². The van der Waals surface area contributed by atoms with Gasteiger partial charge in [0.05, 0.1) is 6.54 Å². The van der Waals surface area contributed by atoms with Gasteiger partial charge in [0.1, 0.15) is 0 Å². The number of guanidine groups is 1. The summed E-state index contributed by atoms with van der Waals surface area (Å²) in [6, 6.07) is 21.0. The van der Waals surface area contributed by atoms with E-state index in [-0.39, 0.29) is 0 Å². The second-order valence-electron chi connectivity index (χ2n) is 6.64. The highest BCUT2D eigenvalue weighted by Gasteiger charge is 2.06. The second kappa shape index (κ2) is 9.57. The Hall–Kier alpha value is -3.08. The van der Waals surface area contributed by atoms with Gasteiger partial charge in [-0.1, -0.05) is 61.5 Å². The maximum absolute atomic E-state index is 4.33. The van der Waals surface area contributed by atoms with Crippen molar-refractivity contribution in [2.75, 3.05) is 13.6 Å². The van der Waals surface area contributed by atoms with E-state index in [0.717, 1.165) is 25.6 Å². The van der Waals surface area contributed by atoms with Crippen molar-refractivity contribution in [3.63, 3.8) is 0 Å². The lowest BCUT2D eigenvalue weighted by atomic mass is 10.0. The van der Waals surface area contributed by atoms with Gasteiger partial charge in [0.25, 0.3) is 0 Å². The molecule has 5 heteroatoms. The fraction of sp³-hybridized carbons (Fsp3) is 0.273. The van der Waals surface area contributed by atoms with Crippen molar-refractivity contribution in [2.24, 2.45) is 4.99 Å². The standard InChI is InChI=1S/C22H27N5/c1-18(21-10-4-3-5-11-21)15-24-22(23-2)25-16-19-8-6-9-20(14-19)17-27-13-7-12-26-27/h3-14,18H,15-17H2,1-2H3,(H2,23,24,25). The molecule has 3 rings (SSSR count). The monoisotopic (exact) mass is 361 g/mol. The molecule has 3 aromatic rings. The van der Waals surface area contributed by atoms with Crippen molar-refractivity contribution in [3.05, 3.63) is 89.7 Å². The van der Waals surface area contributed by atoms with Crippen molar-refractivity contribution in [3.8, 4) is 0 Å². The Kier molecular flexibility index (Phi) is 6.63. The Balaban J connectivity index is 1.50. The van der Waals surface area contributed by atoms with Crippen molar-refractivity contribution in [1.29, 1.82) is 0 Å². The van der Waals surface area contributed by atoms with Gasteiger partial charge in [0.15, 0.2) is 5.96 Å². The molecule has 2 aromatic carbocycles. The predicted octanol–water partition coefficient (Wildman–Crippen LogP) is 3.40. The smallest absolute Gasteiger partial charge is 0.191 e. The number of benzene rings is 2. The summed E-state index contributed by atoms with van der Waals surface area (Å²) in [6.45, 7) is 4.56. The van der Waals surface area contributed by atoms with Gasteiger partial charge in [0, 0.05) is 32.5 Å². The summed E-state index contributed by atoms with van der Waals surface area (Å²) in [6.07, 6.45) is 3.78. The fourth-order valence-electron chi connectivity index (χ4n) is 2.97. The van der Waals surface area contributed by atoms with Gasteiger partial charge < -0.3 is 10.6 Å². The third-order valence-electron chi connectivity index (χ3n) is 4.52. The van der Waals surface area contributed by atoms with E-state index in [0.29, 0.717) is 5.92 Å². The molecule has 5 nitrogen and oxygen atoms in total. The number of aliphatic imine (C=N–C) groups is 1. The summed E-state index contributed by atoms with van der Waals surface area (Å²) in [5.41, 5.74) is 3.78. The molecule has 27 heavy (non-hydrogen) atoms. The molecule has 0 radical (unpaired) electrons. The van der Waals surface area contributed by atoms with E-state index in [4.69, 9.17) is 0 Å². The molecule has 0 aliphatic heterocycles. The van der Waals surface area contributed by atoms with Crippen LogP contribution in [0.15, 0.2) is 78.0 Å². The van der Waals surface area contributed by atoms with Gasteiger partial charge >= 0.3 is 0 Å². The molecule has 0 saturated heterocycles. The lowest BCUT2D eigenvalue weighted by molar-refractivity contribution is 0.684. The first-order valence-electron chi connectivity index (χ1n) is 9.29. The van der Waals surface area contributed by atoms with E-state index in [9.17, 15) is 0 Å². The van der Waals surface area contributed by atoms with Gasteiger partial charge in [-0.05, 0) is 28.7 Å². The zero-order valence-corrected chi connectivity index (χ0v) is 16.0. The average molecular weight is 361 g/mol. The lowest BCUT2D eigenvalue weighted by Crippen LogP contribution is -2.38. The first-order valence-corrected chi connectivity index (χ1v) is 9.29. The van der Waals surface area contributed by atoms with E-state index in [1.165, 1.54) is 16.7 Å². The summed E-state index contributed by atoms with van der Waals surface area (Å²) >= 11 is 0. The number of nitrogens with one attached hydrogen (secondary N) is 2. The van der Waals surface area contributed by atoms with Crippen LogP contribution in [0.3, 0.4) is 0 Å². The number of aromatic nitrogens is 2. The lowest BCUT2D eigenvalue weighted by Gasteiger charge is -2.16. The molecule has 1 atom stereocenters. The minimum atomic E-state index is 0.419. The van der Waals surface area contributed by atoms with E-state index >= 15 is 0 Å². The van der Waals surface area contributed by atoms with Crippen LogP contribution in [0, 0.1) is 0 Å². The van der Waals surface area contributed by atoms with Crippen LogP contribution in [0.2, 0.25) is 0 Å². The van der Waals surface area contributed by atoms with Crippen LogP contribution in [0.25, 0.3) is 0 Å². The maximum atomic E-state index is 4.33. The molecular weight excluding hydrogens is 334 g/mol. The molecule has 0 bridgehead atoms.